The smallest absolute Gasteiger partial charge is 0.223 e. The zero-order chi connectivity index (χ0) is 24.4. The lowest BCUT2D eigenvalue weighted by Crippen LogP contribution is -2.00. The minimum absolute atomic E-state index is 0.147. The monoisotopic (exact) mass is 468 g/mol. The van der Waals surface area contributed by atoms with Gasteiger partial charge in [-0.05, 0) is 61.0 Å². The van der Waals surface area contributed by atoms with Gasteiger partial charge in [0.25, 0.3) is 0 Å². The van der Waals surface area contributed by atoms with Gasteiger partial charge in [-0.2, -0.15) is 0 Å². The number of hydrogen-bond acceptors (Lipinski definition) is 3. The predicted molar refractivity (Wildman–Crippen MR) is 126 cm³/mol. The molecule has 176 valence electrons. The predicted octanol–water partition coefficient (Wildman–Crippen LogP) is 8.20. The summed E-state index contributed by atoms with van der Waals surface area (Å²) in [6.45, 7) is 11.7. The SMILES string of the molecule is CC.CCCc1c(F)cc(C(C)CC)cc1F.COc1cc2nc(Cl)nc(C)c2cc1F. The second-order valence-electron chi connectivity index (χ2n) is 7.10. The van der Waals surface area contributed by atoms with Crippen LogP contribution in [0.5, 0.6) is 5.75 Å². The average Bonchev–Trinajstić information content (AvgIpc) is 2.77. The van der Waals surface area contributed by atoms with Crippen LogP contribution in [-0.4, -0.2) is 17.1 Å². The summed E-state index contributed by atoms with van der Waals surface area (Å²) in [5, 5.41) is 0.784. The molecule has 0 fully saturated rings. The summed E-state index contributed by atoms with van der Waals surface area (Å²) in [6.07, 6.45) is 2.13. The van der Waals surface area contributed by atoms with E-state index in [2.05, 4.69) is 9.97 Å². The van der Waals surface area contributed by atoms with E-state index >= 15 is 0 Å². The zero-order valence-electron chi connectivity index (χ0n) is 19.8. The van der Waals surface area contributed by atoms with Crippen molar-refractivity contribution < 1.29 is 17.9 Å². The van der Waals surface area contributed by atoms with Crippen molar-refractivity contribution in [2.75, 3.05) is 7.11 Å². The molecule has 3 aromatic rings. The highest BCUT2D eigenvalue weighted by molar-refractivity contribution is 6.28. The summed E-state index contributed by atoms with van der Waals surface area (Å²) in [5.41, 5.74) is 2.20. The maximum Gasteiger partial charge on any atom is 0.223 e. The van der Waals surface area contributed by atoms with Crippen LogP contribution in [0.2, 0.25) is 5.28 Å². The van der Waals surface area contributed by atoms with E-state index in [9.17, 15) is 13.2 Å². The van der Waals surface area contributed by atoms with E-state index in [4.69, 9.17) is 16.3 Å². The quantitative estimate of drug-likeness (QED) is 0.354. The molecular weight excluding hydrogens is 437 g/mol. The first-order valence-electron chi connectivity index (χ1n) is 10.9. The molecule has 0 bridgehead atoms. The van der Waals surface area contributed by atoms with Gasteiger partial charge in [0.2, 0.25) is 5.28 Å². The molecule has 0 saturated carbocycles. The van der Waals surface area contributed by atoms with E-state index in [1.54, 1.807) is 6.92 Å². The lowest BCUT2D eigenvalue weighted by molar-refractivity contribution is 0.387. The number of ether oxygens (including phenoxy) is 1. The topological polar surface area (TPSA) is 35.0 Å². The van der Waals surface area contributed by atoms with Gasteiger partial charge < -0.3 is 4.74 Å². The van der Waals surface area contributed by atoms with Gasteiger partial charge in [0.15, 0.2) is 11.6 Å². The second kappa shape index (κ2) is 13.3. The number of halogens is 4. The van der Waals surface area contributed by atoms with Crippen LogP contribution in [0.25, 0.3) is 10.9 Å². The number of methoxy groups -OCH3 is 1. The summed E-state index contributed by atoms with van der Waals surface area (Å²) in [6, 6.07) is 5.80. The molecule has 0 saturated heterocycles. The number of aromatic nitrogens is 2. The molecule has 1 aromatic heterocycles. The van der Waals surface area contributed by atoms with Gasteiger partial charge in [-0.25, -0.2) is 23.1 Å². The van der Waals surface area contributed by atoms with Crippen LogP contribution in [0.3, 0.4) is 0 Å². The standard InChI is InChI=1S/C13H18F2.C10H8ClFN2O.C2H6/c1-4-6-11-12(14)7-10(8-13(11)15)9(3)5-2;1-5-6-3-7(12)9(15-2)4-8(6)14-10(11)13-5;1-2/h7-9H,4-6H2,1-3H3;3-4H,1-2H3;1-2H3. The van der Waals surface area contributed by atoms with Crippen LogP contribution in [0.4, 0.5) is 13.2 Å². The summed E-state index contributed by atoms with van der Waals surface area (Å²) in [4.78, 5) is 7.94. The van der Waals surface area contributed by atoms with E-state index in [1.165, 1.54) is 31.4 Å². The molecule has 0 N–H and O–H groups in total. The van der Waals surface area contributed by atoms with Crippen molar-refractivity contribution >= 4 is 22.5 Å². The third-order valence-electron chi connectivity index (χ3n) is 4.98. The average molecular weight is 469 g/mol. The Morgan fingerprint density at radius 3 is 2.06 bits per heavy atom. The Labute approximate surface area is 194 Å². The van der Waals surface area contributed by atoms with Crippen LogP contribution < -0.4 is 4.74 Å². The molecule has 0 aliphatic carbocycles. The Balaban J connectivity index is 0.000000297. The van der Waals surface area contributed by atoms with E-state index in [-0.39, 0.29) is 22.5 Å². The molecule has 1 unspecified atom stereocenters. The van der Waals surface area contributed by atoms with E-state index in [0.717, 1.165) is 18.4 Å². The van der Waals surface area contributed by atoms with Gasteiger partial charge in [0.1, 0.15) is 11.6 Å². The van der Waals surface area contributed by atoms with E-state index < -0.39 is 17.5 Å². The second-order valence-corrected chi connectivity index (χ2v) is 7.44. The third kappa shape index (κ3) is 7.09. The molecule has 7 heteroatoms. The normalized spacial score (nSPS) is 11.2. The first-order chi connectivity index (χ1) is 15.2. The van der Waals surface area contributed by atoms with Crippen LogP contribution in [0, 0.1) is 24.4 Å². The van der Waals surface area contributed by atoms with Gasteiger partial charge >= 0.3 is 0 Å². The van der Waals surface area contributed by atoms with Crippen molar-refractivity contribution in [2.45, 2.75) is 66.7 Å². The lowest BCUT2D eigenvalue weighted by Gasteiger charge is -2.11. The summed E-state index contributed by atoms with van der Waals surface area (Å²) in [7, 11) is 1.40. The van der Waals surface area contributed by atoms with Crippen molar-refractivity contribution in [2.24, 2.45) is 0 Å². The van der Waals surface area contributed by atoms with Crippen molar-refractivity contribution in [3.8, 4) is 5.75 Å². The van der Waals surface area contributed by atoms with Gasteiger partial charge in [-0.3, -0.25) is 0 Å². The highest BCUT2D eigenvalue weighted by Gasteiger charge is 2.13. The summed E-state index contributed by atoms with van der Waals surface area (Å²) < 4.78 is 45.4. The van der Waals surface area contributed by atoms with Crippen LogP contribution in [-0.2, 0) is 6.42 Å². The Morgan fingerprint density at radius 1 is 0.969 bits per heavy atom. The van der Waals surface area contributed by atoms with Gasteiger partial charge in [0.05, 0.1) is 18.3 Å². The van der Waals surface area contributed by atoms with E-state index in [0.29, 0.717) is 23.0 Å². The molecule has 32 heavy (non-hydrogen) atoms. The Kier molecular flexibility index (Phi) is 11.5. The molecule has 0 spiro atoms. The molecule has 2 aromatic carbocycles. The molecule has 1 heterocycles. The minimum Gasteiger partial charge on any atom is -0.494 e. The number of benzene rings is 2. The Hall–Kier alpha value is -2.34. The van der Waals surface area contributed by atoms with Gasteiger partial charge in [0, 0.05) is 17.0 Å². The number of fused-ring (bicyclic) bond motifs is 1. The molecule has 0 aliphatic rings. The molecule has 3 nitrogen and oxygen atoms in total. The molecule has 0 amide bonds. The minimum atomic E-state index is -0.431. The Bertz CT molecular complexity index is 1000. The fourth-order valence-corrected chi connectivity index (χ4v) is 3.25. The zero-order valence-corrected chi connectivity index (χ0v) is 20.6. The molecule has 0 aliphatic heterocycles. The van der Waals surface area contributed by atoms with Crippen LogP contribution in [0.1, 0.15) is 70.2 Å². The number of nitrogens with zero attached hydrogens (tertiary/aromatic N) is 2. The summed E-state index contributed by atoms with van der Waals surface area (Å²) in [5.74, 6) is -0.861. The molecule has 3 rings (SSSR count). The fraction of sp³-hybridized carbons (Fsp3) is 0.440. The molecular formula is C25H32ClF3N2O. The van der Waals surface area contributed by atoms with Crippen molar-refractivity contribution in [1.29, 1.82) is 0 Å². The van der Waals surface area contributed by atoms with Crippen molar-refractivity contribution in [3.05, 3.63) is 63.8 Å². The third-order valence-corrected chi connectivity index (χ3v) is 5.15. The van der Waals surface area contributed by atoms with Crippen LogP contribution >= 0.6 is 11.6 Å². The first kappa shape index (κ1) is 27.7. The first-order valence-corrected chi connectivity index (χ1v) is 11.2. The lowest BCUT2D eigenvalue weighted by atomic mass is 9.96. The highest BCUT2D eigenvalue weighted by atomic mass is 35.5. The van der Waals surface area contributed by atoms with Crippen LogP contribution in [0.15, 0.2) is 24.3 Å². The van der Waals surface area contributed by atoms with Gasteiger partial charge in [-0.1, -0.05) is 41.0 Å². The fourth-order valence-electron chi connectivity index (χ4n) is 3.04. The maximum absolute atomic E-state index is 13.6. The molecule has 1 atom stereocenters. The van der Waals surface area contributed by atoms with Gasteiger partial charge in [-0.15, -0.1) is 0 Å². The Morgan fingerprint density at radius 2 is 1.56 bits per heavy atom. The number of hydrogen-bond donors (Lipinski definition) is 0. The van der Waals surface area contributed by atoms with E-state index in [1.807, 2.05) is 34.6 Å². The number of aryl methyl sites for hydroxylation is 1. The summed E-state index contributed by atoms with van der Waals surface area (Å²) >= 11 is 5.70. The van der Waals surface area contributed by atoms with Crippen molar-refractivity contribution in [1.82, 2.24) is 9.97 Å². The largest absolute Gasteiger partial charge is 0.494 e. The highest BCUT2D eigenvalue weighted by Crippen LogP contribution is 2.26. The number of rotatable bonds is 5. The maximum atomic E-state index is 13.6. The van der Waals surface area contributed by atoms with Crippen molar-refractivity contribution in [3.63, 3.8) is 0 Å². The molecule has 0 radical (unpaired) electrons.